The second-order valence-corrected chi connectivity index (χ2v) is 6.47. The van der Waals surface area contributed by atoms with Crippen molar-refractivity contribution in [2.24, 2.45) is 5.92 Å². The number of unbranched alkanes of at least 4 members (excludes halogenated alkanes) is 7. The Labute approximate surface area is 140 Å². The van der Waals surface area contributed by atoms with Crippen molar-refractivity contribution in [3.8, 4) is 5.88 Å². The summed E-state index contributed by atoms with van der Waals surface area (Å²) < 4.78 is 5.65. The first-order chi connectivity index (χ1) is 11.3. The Morgan fingerprint density at radius 3 is 2.43 bits per heavy atom. The van der Waals surface area contributed by atoms with Gasteiger partial charge < -0.3 is 10.1 Å². The van der Waals surface area contributed by atoms with Crippen LogP contribution in [0.15, 0.2) is 18.3 Å². The lowest BCUT2D eigenvalue weighted by atomic mass is 10.1. The summed E-state index contributed by atoms with van der Waals surface area (Å²) >= 11 is 0. The summed E-state index contributed by atoms with van der Waals surface area (Å²) in [5, 5.41) is 2.88. The summed E-state index contributed by atoms with van der Waals surface area (Å²) in [5.41, 5.74) is 0.751. The van der Waals surface area contributed by atoms with Crippen LogP contribution < -0.4 is 10.1 Å². The highest BCUT2D eigenvalue weighted by Crippen LogP contribution is 2.30. The summed E-state index contributed by atoms with van der Waals surface area (Å²) in [7, 11) is 0. The van der Waals surface area contributed by atoms with Crippen LogP contribution in [0.1, 0.15) is 71.1 Å². The Hall–Kier alpha value is -1.58. The Bertz CT molecular complexity index is 455. The highest BCUT2D eigenvalue weighted by molar-refractivity contribution is 5.93. The van der Waals surface area contributed by atoms with Crippen molar-refractivity contribution in [2.45, 2.75) is 71.1 Å². The van der Waals surface area contributed by atoms with Crippen LogP contribution >= 0.6 is 0 Å². The van der Waals surface area contributed by atoms with E-state index in [1.807, 2.05) is 12.1 Å². The van der Waals surface area contributed by atoms with Crippen molar-refractivity contribution >= 4 is 11.6 Å². The molecule has 4 heteroatoms. The van der Waals surface area contributed by atoms with Crippen LogP contribution in [0.4, 0.5) is 5.69 Å². The topological polar surface area (TPSA) is 51.2 Å². The van der Waals surface area contributed by atoms with Crippen LogP contribution in [0.5, 0.6) is 5.88 Å². The molecule has 0 aliphatic heterocycles. The Balaban J connectivity index is 1.51. The van der Waals surface area contributed by atoms with Crippen LogP contribution in [0, 0.1) is 5.92 Å². The van der Waals surface area contributed by atoms with E-state index < -0.39 is 0 Å². The zero-order valence-corrected chi connectivity index (χ0v) is 14.4. The summed E-state index contributed by atoms with van der Waals surface area (Å²) in [5.74, 6) is 0.963. The van der Waals surface area contributed by atoms with Gasteiger partial charge in [-0.25, -0.2) is 4.98 Å². The molecule has 1 saturated carbocycles. The first kappa shape index (κ1) is 17.8. The van der Waals surface area contributed by atoms with Crippen LogP contribution in [0.2, 0.25) is 0 Å². The first-order valence-electron chi connectivity index (χ1n) is 9.19. The zero-order valence-electron chi connectivity index (χ0n) is 14.4. The minimum atomic E-state index is 0.111. The van der Waals surface area contributed by atoms with Crippen molar-refractivity contribution in [3.63, 3.8) is 0 Å². The van der Waals surface area contributed by atoms with E-state index in [0.29, 0.717) is 5.88 Å². The van der Waals surface area contributed by atoms with Crippen molar-refractivity contribution < 1.29 is 9.53 Å². The summed E-state index contributed by atoms with van der Waals surface area (Å²) in [6, 6.07) is 3.68. The van der Waals surface area contributed by atoms with E-state index in [1.165, 1.54) is 44.9 Å². The molecule has 1 fully saturated rings. The van der Waals surface area contributed by atoms with Gasteiger partial charge in [-0.2, -0.15) is 0 Å². The van der Waals surface area contributed by atoms with E-state index in [4.69, 9.17) is 4.74 Å². The van der Waals surface area contributed by atoms with Gasteiger partial charge >= 0.3 is 0 Å². The number of rotatable bonds is 12. The number of nitrogens with one attached hydrogen (secondary N) is 1. The molecule has 0 spiro atoms. The van der Waals surface area contributed by atoms with Gasteiger partial charge in [0.25, 0.3) is 0 Å². The van der Waals surface area contributed by atoms with E-state index in [2.05, 4.69) is 17.2 Å². The Morgan fingerprint density at radius 2 is 1.83 bits per heavy atom. The lowest BCUT2D eigenvalue weighted by molar-refractivity contribution is -0.117. The van der Waals surface area contributed by atoms with Gasteiger partial charge in [0.15, 0.2) is 0 Å². The number of ether oxygens (including phenoxy) is 1. The van der Waals surface area contributed by atoms with E-state index >= 15 is 0 Å². The molecule has 4 nitrogen and oxygen atoms in total. The maximum absolute atomic E-state index is 11.6. The third kappa shape index (κ3) is 7.49. The van der Waals surface area contributed by atoms with Crippen molar-refractivity contribution in [1.29, 1.82) is 0 Å². The lowest BCUT2D eigenvalue weighted by Gasteiger charge is -2.07. The maximum atomic E-state index is 11.6. The van der Waals surface area contributed by atoms with E-state index in [1.54, 1.807) is 6.20 Å². The molecule has 0 radical (unpaired) electrons. The Kier molecular flexibility index (Phi) is 7.91. The van der Waals surface area contributed by atoms with Gasteiger partial charge in [-0.05, 0) is 25.3 Å². The minimum Gasteiger partial charge on any atom is -0.478 e. The highest BCUT2D eigenvalue weighted by Gasteiger charge is 2.29. The summed E-state index contributed by atoms with van der Waals surface area (Å²) in [6.45, 7) is 2.97. The standard InChI is InChI=1S/C19H30N2O2/c1-2-3-4-5-6-7-8-9-14-23-18-13-12-17(15-20-18)21-19(22)16-10-11-16/h12-13,15-16H,2-11,14H2,1H3,(H,21,22). The monoisotopic (exact) mass is 318 g/mol. The van der Waals surface area contributed by atoms with Gasteiger partial charge in [-0.1, -0.05) is 51.9 Å². The fourth-order valence-corrected chi connectivity index (χ4v) is 2.54. The third-order valence-electron chi connectivity index (χ3n) is 4.20. The van der Waals surface area contributed by atoms with Gasteiger partial charge in [0.2, 0.25) is 11.8 Å². The molecular weight excluding hydrogens is 288 g/mol. The molecule has 2 rings (SSSR count). The smallest absolute Gasteiger partial charge is 0.227 e. The van der Waals surface area contributed by atoms with E-state index in [0.717, 1.165) is 31.6 Å². The number of amides is 1. The third-order valence-corrected chi connectivity index (χ3v) is 4.20. The van der Waals surface area contributed by atoms with Crippen LogP contribution in [-0.2, 0) is 4.79 Å². The molecule has 0 atom stereocenters. The van der Waals surface area contributed by atoms with Crippen LogP contribution in [-0.4, -0.2) is 17.5 Å². The SMILES string of the molecule is CCCCCCCCCCOc1ccc(NC(=O)C2CC2)cn1. The summed E-state index contributed by atoms with van der Waals surface area (Å²) in [6.07, 6.45) is 14.1. The maximum Gasteiger partial charge on any atom is 0.227 e. The number of carbonyl (C=O) groups is 1. The van der Waals surface area contributed by atoms with Gasteiger partial charge in [-0.15, -0.1) is 0 Å². The molecule has 0 unspecified atom stereocenters. The van der Waals surface area contributed by atoms with E-state index in [-0.39, 0.29) is 11.8 Å². The normalized spacial score (nSPS) is 13.8. The molecule has 1 aromatic heterocycles. The molecule has 0 aromatic carbocycles. The molecule has 1 amide bonds. The molecule has 1 aliphatic rings. The van der Waals surface area contributed by atoms with E-state index in [9.17, 15) is 4.79 Å². The lowest BCUT2D eigenvalue weighted by Crippen LogP contribution is -2.13. The number of hydrogen-bond donors (Lipinski definition) is 1. The van der Waals surface area contributed by atoms with Crippen LogP contribution in [0.3, 0.4) is 0 Å². The molecule has 0 saturated heterocycles. The minimum absolute atomic E-state index is 0.111. The molecule has 23 heavy (non-hydrogen) atoms. The van der Waals surface area contributed by atoms with Crippen molar-refractivity contribution in [1.82, 2.24) is 4.98 Å². The number of hydrogen-bond acceptors (Lipinski definition) is 3. The molecular formula is C19H30N2O2. The first-order valence-corrected chi connectivity index (χ1v) is 9.19. The van der Waals surface area contributed by atoms with Gasteiger partial charge in [0, 0.05) is 12.0 Å². The van der Waals surface area contributed by atoms with Crippen molar-refractivity contribution in [3.05, 3.63) is 18.3 Å². The Morgan fingerprint density at radius 1 is 1.13 bits per heavy atom. The second kappa shape index (κ2) is 10.2. The fraction of sp³-hybridized carbons (Fsp3) is 0.684. The second-order valence-electron chi connectivity index (χ2n) is 6.47. The predicted octanol–water partition coefficient (Wildman–Crippen LogP) is 4.95. The molecule has 1 aliphatic carbocycles. The van der Waals surface area contributed by atoms with Gasteiger partial charge in [-0.3, -0.25) is 4.79 Å². The molecule has 1 N–H and O–H groups in total. The average molecular weight is 318 g/mol. The molecule has 1 heterocycles. The number of carbonyl (C=O) groups excluding carboxylic acids is 1. The molecule has 1 aromatic rings. The predicted molar refractivity (Wildman–Crippen MR) is 93.7 cm³/mol. The number of nitrogens with zero attached hydrogens (tertiary/aromatic N) is 1. The zero-order chi connectivity index (χ0) is 16.3. The molecule has 128 valence electrons. The number of anilines is 1. The van der Waals surface area contributed by atoms with Crippen LogP contribution in [0.25, 0.3) is 0 Å². The average Bonchev–Trinajstić information content (AvgIpc) is 3.40. The van der Waals surface area contributed by atoms with Crippen molar-refractivity contribution in [2.75, 3.05) is 11.9 Å². The quantitative estimate of drug-likeness (QED) is 0.555. The number of pyridine rings is 1. The summed E-state index contributed by atoms with van der Waals surface area (Å²) in [4.78, 5) is 15.9. The largest absolute Gasteiger partial charge is 0.478 e. The number of aromatic nitrogens is 1. The molecule has 0 bridgehead atoms. The fourth-order valence-electron chi connectivity index (χ4n) is 2.54. The van der Waals surface area contributed by atoms with Gasteiger partial charge in [0.1, 0.15) is 0 Å². The highest BCUT2D eigenvalue weighted by atomic mass is 16.5. The van der Waals surface area contributed by atoms with Gasteiger partial charge in [0.05, 0.1) is 18.5 Å².